The normalized spacial score (nSPS) is 34.4. The van der Waals surface area contributed by atoms with Crippen molar-refractivity contribution in [2.24, 2.45) is 5.41 Å². The van der Waals surface area contributed by atoms with E-state index in [0.29, 0.717) is 0 Å². The zero-order valence-corrected chi connectivity index (χ0v) is 19.4. The molecule has 32 heavy (non-hydrogen) atoms. The Labute approximate surface area is 180 Å². The molecule has 2 heterocycles. The Morgan fingerprint density at radius 1 is 1.06 bits per heavy atom. The molecule has 0 aromatic rings. The molecule has 0 radical (unpaired) electrons. The van der Waals surface area contributed by atoms with Crippen LogP contribution >= 0.6 is 23.5 Å². The summed E-state index contributed by atoms with van der Waals surface area (Å²) in [5, 5.41) is 21.0. The molecule has 19 heteroatoms. The van der Waals surface area contributed by atoms with Crippen LogP contribution in [0.2, 0.25) is 0 Å². The summed E-state index contributed by atoms with van der Waals surface area (Å²) in [5.41, 5.74) is -3.66. The number of amides is 1. The first-order chi connectivity index (χ1) is 14.2. The predicted molar refractivity (Wildman–Crippen MR) is 99.9 cm³/mol. The highest BCUT2D eigenvalue weighted by atomic mass is 31.3. The fraction of sp³-hybridized carbons (Fsp3) is 0.692. The van der Waals surface area contributed by atoms with Crippen LogP contribution in [0.25, 0.3) is 0 Å². The number of rotatable bonds is 8. The summed E-state index contributed by atoms with van der Waals surface area (Å²) in [6.45, 7) is 2.70. The number of aliphatic hydroxyl groups excluding tert-OH is 1. The lowest BCUT2D eigenvalue weighted by Gasteiger charge is -2.39. The molecule has 2 aliphatic heterocycles. The van der Waals surface area contributed by atoms with Crippen LogP contribution in [0, 0.1) is 5.41 Å². The van der Waals surface area contributed by atoms with Gasteiger partial charge in [-0.15, -0.1) is 0 Å². The summed E-state index contributed by atoms with van der Waals surface area (Å²) in [7, 11) is -16.8. The van der Waals surface area contributed by atoms with Crippen molar-refractivity contribution in [3.05, 3.63) is 12.3 Å². The third-order valence-electron chi connectivity index (χ3n) is 4.60. The first-order valence-electron chi connectivity index (χ1n) is 8.59. The molecule has 0 aliphatic carbocycles. The molecule has 0 saturated carbocycles. The number of ether oxygens (including phenoxy) is 1. The Balaban J connectivity index is 2.13. The highest BCUT2D eigenvalue weighted by Gasteiger charge is 2.58. The third-order valence-corrected chi connectivity index (χ3v) is 8.40. The monoisotopic (exact) mass is 525 g/mol. The predicted octanol–water partition coefficient (Wildman–Crippen LogP) is -0.882. The number of allylic oxidation sites excluding steroid dienone is 1. The number of carbonyl (C=O) groups is 2. The molecule has 184 valence electrons. The van der Waals surface area contributed by atoms with Crippen LogP contribution in [-0.2, 0) is 41.2 Å². The van der Waals surface area contributed by atoms with E-state index in [1.165, 1.54) is 13.8 Å². The van der Waals surface area contributed by atoms with Gasteiger partial charge in [0.25, 0.3) is 0 Å². The van der Waals surface area contributed by atoms with Crippen LogP contribution < -0.4 is 0 Å². The van der Waals surface area contributed by atoms with E-state index >= 15 is 0 Å². The first-order valence-corrected chi connectivity index (χ1v) is 13.1. The van der Waals surface area contributed by atoms with Crippen LogP contribution in [0.5, 0.6) is 0 Å². The van der Waals surface area contributed by atoms with Crippen LogP contribution in [0.15, 0.2) is 12.3 Å². The average Bonchev–Trinajstić information content (AvgIpc) is 2.79. The van der Waals surface area contributed by atoms with Crippen LogP contribution in [0.1, 0.15) is 20.8 Å². The topological polar surface area (TPSA) is 247 Å². The maximum Gasteiger partial charge on any atom is 0.490 e. The van der Waals surface area contributed by atoms with Gasteiger partial charge in [-0.2, -0.15) is 8.62 Å². The van der Waals surface area contributed by atoms with Crippen LogP contribution in [-0.4, -0.2) is 77.0 Å². The lowest BCUT2D eigenvalue weighted by atomic mass is 9.83. The Kier molecular flexibility index (Phi) is 7.49. The van der Waals surface area contributed by atoms with E-state index in [1.807, 2.05) is 0 Å². The number of hydrogen-bond acceptors (Lipinski definition) is 11. The van der Waals surface area contributed by atoms with Gasteiger partial charge in [0.05, 0.1) is 6.61 Å². The van der Waals surface area contributed by atoms with Gasteiger partial charge in [0.15, 0.2) is 12.0 Å². The van der Waals surface area contributed by atoms with Crippen molar-refractivity contribution in [2.45, 2.75) is 44.8 Å². The molecule has 3 unspecified atom stereocenters. The molecule has 1 saturated heterocycles. The SMILES string of the molecule is CC1(C)C(=O)C=CN([C@@H]2O[C@H](COP(=O)(O)OP(=O)(O)OP(=O)(O)O)C(O)[C@@]2(C)O)C1=O. The maximum atomic E-state index is 12.6. The van der Waals surface area contributed by atoms with Crippen LogP contribution in [0.3, 0.4) is 0 Å². The number of carbonyl (C=O) groups excluding carboxylic acids is 2. The minimum Gasteiger partial charge on any atom is -0.387 e. The molecule has 2 aliphatic rings. The lowest BCUT2D eigenvalue weighted by Crippen LogP contribution is -2.57. The molecular weight excluding hydrogens is 503 g/mol. The van der Waals surface area contributed by atoms with Crippen molar-refractivity contribution in [1.82, 2.24) is 4.90 Å². The van der Waals surface area contributed by atoms with Crippen molar-refractivity contribution < 1.29 is 71.0 Å². The second-order valence-corrected chi connectivity index (χ2v) is 12.0. The molecule has 16 nitrogen and oxygen atoms in total. The molecule has 0 spiro atoms. The van der Waals surface area contributed by atoms with Gasteiger partial charge in [-0.05, 0) is 26.8 Å². The molecule has 0 aromatic carbocycles. The van der Waals surface area contributed by atoms with Gasteiger partial charge in [-0.1, -0.05) is 0 Å². The molecule has 1 fully saturated rings. The Morgan fingerprint density at radius 3 is 2.16 bits per heavy atom. The van der Waals surface area contributed by atoms with Gasteiger partial charge in [0, 0.05) is 6.20 Å². The highest BCUT2D eigenvalue weighted by molar-refractivity contribution is 7.66. The maximum absolute atomic E-state index is 12.6. The number of aliphatic hydroxyl groups is 2. The zero-order valence-electron chi connectivity index (χ0n) is 16.7. The van der Waals surface area contributed by atoms with E-state index in [0.717, 1.165) is 24.1 Å². The lowest BCUT2D eigenvalue weighted by molar-refractivity contribution is -0.167. The fourth-order valence-corrected chi connectivity index (χ4v) is 5.92. The average molecular weight is 525 g/mol. The summed E-state index contributed by atoms with van der Waals surface area (Å²) in [5.74, 6) is -1.28. The first kappa shape index (κ1) is 27.4. The number of ketones is 1. The molecular formula is C13H22NO15P3. The van der Waals surface area contributed by atoms with E-state index in [2.05, 4.69) is 13.1 Å². The minimum atomic E-state index is -5.75. The largest absolute Gasteiger partial charge is 0.490 e. The van der Waals surface area contributed by atoms with E-state index < -0.39 is 71.2 Å². The van der Waals surface area contributed by atoms with Gasteiger partial charge in [-0.25, -0.2) is 13.7 Å². The van der Waals surface area contributed by atoms with E-state index in [9.17, 15) is 38.4 Å². The van der Waals surface area contributed by atoms with Crippen molar-refractivity contribution in [3.8, 4) is 0 Å². The third kappa shape index (κ3) is 5.99. The summed E-state index contributed by atoms with van der Waals surface area (Å²) in [4.78, 5) is 61.0. The van der Waals surface area contributed by atoms with Gasteiger partial charge in [0.2, 0.25) is 5.91 Å². The quantitative estimate of drug-likeness (QED) is 0.166. The number of phosphoric ester groups is 1. The fourth-order valence-electron chi connectivity index (χ4n) is 2.89. The standard InChI is InChI=1S/C13H22NO15P3/c1-12(2)8(15)4-5-14(10(12)17)11-13(3,18)9(16)7(27-11)6-26-31(22,23)29-32(24,25)28-30(19,20)21/h4-5,7,9,11,16,18H,6H2,1-3H3,(H,22,23)(H,24,25)(H2,19,20,21)/t7-,9?,11-,13-/m1/s1. The molecule has 6 atom stereocenters. The van der Waals surface area contributed by atoms with Crippen molar-refractivity contribution in [3.63, 3.8) is 0 Å². The highest BCUT2D eigenvalue weighted by Crippen LogP contribution is 2.66. The second kappa shape index (κ2) is 8.75. The Hall–Kier alpha value is -0.830. The minimum absolute atomic E-state index is 0.513. The summed E-state index contributed by atoms with van der Waals surface area (Å²) >= 11 is 0. The van der Waals surface area contributed by atoms with Gasteiger partial charge >= 0.3 is 23.5 Å². The van der Waals surface area contributed by atoms with Crippen molar-refractivity contribution in [2.75, 3.05) is 6.61 Å². The summed E-state index contributed by atoms with van der Waals surface area (Å²) in [6.07, 6.45) is -2.90. The summed E-state index contributed by atoms with van der Waals surface area (Å²) < 4.78 is 50.7. The van der Waals surface area contributed by atoms with E-state index in [4.69, 9.17) is 19.4 Å². The van der Waals surface area contributed by atoms with Crippen LogP contribution in [0.4, 0.5) is 0 Å². The van der Waals surface area contributed by atoms with E-state index in [-0.39, 0.29) is 0 Å². The van der Waals surface area contributed by atoms with Crippen molar-refractivity contribution >= 4 is 35.2 Å². The summed E-state index contributed by atoms with van der Waals surface area (Å²) in [6, 6.07) is 0. The second-order valence-electron chi connectivity index (χ2n) is 7.60. The van der Waals surface area contributed by atoms with E-state index in [1.54, 1.807) is 0 Å². The van der Waals surface area contributed by atoms with Gasteiger partial charge in [0.1, 0.15) is 23.2 Å². The molecule has 0 bridgehead atoms. The Morgan fingerprint density at radius 2 is 1.62 bits per heavy atom. The zero-order chi connectivity index (χ0) is 24.9. The molecule has 6 N–H and O–H groups in total. The van der Waals surface area contributed by atoms with Crippen molar-refractivity contribution in [1.29, 1.82) is 0 Å². The van der Waals surface area contributed by atoms with Gasteiger partial charge < -0.3 is 34.5 Å². The molecule has 1 amide bonds. The number of phosphoric acid groups is 3. The number of nitrogens with zero attached hydrogens (tertiary/aromatic N) is 1. The van der Waals surface area contributed by atoms with Gasteiger partial charge in [-0.3, -0.25) is 19.0 Å². The molecule has 0 aromatic heterocycles. The number of hydrogen-bond donors (Lipinski definition) is 6. The smallest absolute Gasteiger partial charge is 0.387 e. The molecule has 2 rings (SSSR count). The Bertz CT molecular complexity index is 954.